The Morgan fingerprint density at radius 1 is 1.62 bits per heavy atom. The molecule has 84 valence electrons. The summed E-state index contributed by atoms with van der Waals surface area (Å²) in [6.45, 7) is 2.11. The van der Waals surface area contributed by atoms with E-state index in [0.717, 1.165) is 29.1 Å². The maximum absolute atomic E-state index is 10.7. The lowest BCUT2D eigenvalue weighted by atomic mass is 10.2. The van der Waals surface area contributed by atoms with Crippen molar-refractivity contribution in [1.29, 1.82) is 0 Å². The summed E-state index contributed by atoms with van der Waals surface area (Å²) in [5.74, 6) is -0.949. The Morgan fingerprint density at radius 2 is 2.44 bits per heavy atom. The molecule has 2 aromatic heterocycles. The Hall–Kier alpha value is -1.62. The Morgan fingerprint density at radius 3 is 3.06 bits per heavy atom. The number of aromatic amines is 1. The zero-order valence-corrected chi connectivity index (χ0v) is 9.67. The van der Waals surface area contributed by atoms with Crippen molar-refractivity contribution in [2.45, 2.75) is 19.8 Å². The normalized spacial score (nSPS) is 10.6. The number of hydrogen-bond donors (Lipinski definition) is 2. The predicted octanol–water partition coefficient (Wildman–Crippen LogP) is 2.79. The number of nitrogens with zero attached hydrogens (tertiary/aromatic N) is 1. The van der Waals surface area contributed by atoms with Gasteiger partial charge in [0.1, 0.15) is 5.69 Å². The van der Waals surface area contributed by atoms with Gasteiger partial charge in [-0.2, -0.15) is 0 Å². The van der Waals surface area contributed by atoms with E-state index in [1.54, 1.807) is 23.6 Å². The van der Waals surface area contributed by atoms with Gasteiger partial charge in [0.15, 0.2) is 0 Å². The molecular weight excluding hydrogens is 224 g/mol. The van der Waals surface area contributed by atoms with Crippen LogP contribution in [0.15, 0.2) is 17.6 Å². The van der Waals surface area contributed by atoms with E-state index in [0.29, 0.717) is 0 Å². The van der Waals surface area contributed by atoms with E-state index in [1.165, 1.54) is 0 Å². The topological polar surface area (TPSA) is 66.0 Å². The van der Waals surface area contributed by atoms with Gasteiger partial charge in [0.05, 0.1) is 10.7 Å². The van der Waals surface area contributed by atoms with Crippen molar-refractivity contribution in [3.05, 3.63) is 28.3 Å². The first-order valence-corrected chi connectivity index (χ1v) is 5.95. The van der Waals surface area contributed by atoms with Gasteiger partial charge in [-0.3, -0.25) is 0 Å². The number of aromatic nitrogens is 2. The number of carboxylic acids is 1. The van der Waals surface area contributed by atoms with Crippen molar-refractivity contribution in [3.63, 3.8) is 0 Å². The van der Waals surface area contributed by atoms with Crippen LogP contribution in [0.3, 0.4) is 0 Å². The Balaban J connectivity index is 2.24. The van der Waals surface area contributed by atoms with Crippen molar-refractivity contribution < 1.29 is 9.90 Å². The van der Waals surface area contributed by atoms with Crippen molar-refractivity contribution in [1.82, 2.24) is 9.97 Å². The van der Waals surface area contributed by atoms with Crippen molar-refractivity contribution in [3.8, 4) is 11.3 Å². The minimum absolute atomic E-state index is 0.194. The third-order valence-electron chi connectivity index (χ3n) is 2.22. The van der Waals surface area contributed by atoms with Crippen LogP contribution < -0.4 is 0 Å². The molecule has 0 aliphatic rings. The molecule has 2 N–H and O–H groups in total. The van der Waals surface area contributed by atoms with Crippen LogP contribution in [0.25, 0.3) is 11.3 Å². The maximum Gasteiger partial charge on any atom is 0.352 e. The van der Waals surface area contributed by atoms with Crippen LogP contribution in [0, 0.1) is 0 Å². The summed E-state index contributed by atoms with van der Waals surface area (Å²) < 4.78 is 0. The van der Waals surface area contributed by atoms with Crippen LogP contribution in [0.2, 0.25) is 0 Å². The second-order valence-electron chi connectivity index (χ2n) is 3.48. The van der Waals surface area contributed by atoms with Gasteiger partial charge in [-0.1, -0.05) is 6.92 Å². The van der Waals surface area contributed by atoms with E-state index in [4.69, 9.17) is 5.11 Å². The number of thiazole rings is 1. The molecule has 2 rings (SSSR count). The molecule has 2 heterocycles. The van der Waals surface area contributed by atoms with Crippen LogP contribution in [-0.2, 0) is 6.42 Å². The molecule has 16 heavy (non-hydrogen) atoms. The number of carbonyl (C=O) groups is 1. The molecule has 0 aromatic carbocycles. The van der Waals surface area contributed by atoms with E-state index in [2.05, 4.69) is 16.9 Å². The molecule has 0 radical (unpaired) electrons. The van der Waals surface area contributed by atoms with E-state index < -0.39 is 5.97 Å². The van der Waals surface area contributed by atoms with Crippen LogP contribution in [0.5, 0.6) is 0 Å². The summed E-state index contributed by atoms with van der Waals surface area (Å²) in [5, 5.41) is 11.8. The quantitative estimate of drug-likeness (QED) is 0.857. The lowest BCUT2D eigenvalue weighted by molar-refractivity contribution is 0.0691. The largest absolute Gasteiger partial charge is 0.477 e. The second kappa shape index (κ2) is 4.49. The molecule has 0 aliphatic carbocycles. The van der Waals surface area contributed by atoms with Crippen LogP contribution >= 0.6 is 11.3 Å². The molecule has 0 saturated heterocycles. The number of H-pyrrole nitrogens is 1. The minimum Gasteiger partial charge on any atom is -0.477 e. The first-order chi connectivity index (χ1) is 7.70. The summed E-state index contributed by atoms with van der Waals surface area (Å²) in [6, 6.07) is 1.60. The zero-order valence-electron chi connectivity index (χ0n) is 8.86. The number of rotatable bonds is 4. The average molecular weight is 236 g/mol. The zero-order chi connectivity index (χ0) is 11.5. The summed E-state index contributed by atoms with van der Waals surface area (Å²) in [4.78, 5) is 17.9. The van der Waals surface area contributed by atoms with E-state index >= 15 is 0 Å². The lowest BCUT2D eigenvalue weighted by Gasteiger charge is -1.89. The summed E-state index contributed by atoms with van der Waals surface area (Å²) in [7, 11) is 0. The van der Waals surface area contributed by atoms with Crippen LogP contribution in [-0.4, -0.2) is 21.0 Å². The number of carboxylic acid groups (broad SMARTS) is 1. The van der Waals surface area contributed by atoms with Gasteiger partial charge >= 0.3 is 5.97 Å². The number of hydrogen-bond acceptors (Lipinski definition) is 3. The maximum atomic E-state index is 10.7. The Bertz CT molecular complexity index is 502. The third kappa shape index (κ3) is 2.14. The fourth-order valence-corrected chi connectivity index (χ4v) is 2.35. The smallest absolute Gasteiger partial charge is 0.352 e. The summed E-state index contributed by atoms with van der Waals surface area (Å²) >= 11 is 1.61. The molecule has 0 atom stereocenters. The van der Waals surface area contributed by atoms with E-state index in [-0.39, 0.29) is 5.69 Å². The highest BCUT2D eigenvalue weighted by atomic mass is 32.1. The summed E-state index contributed by atoms with van der Waals surface area (Å²) in [5.41, 5.74) is 1.87. The standard InChI is InChI=1S/C11H12N2O2S/c1-2-3-10-13-9(6-16-10)7-4-8(11(14)15)12-5-7/h4-6,12H,2-3H2,1H3,(H,14,15). The third-order valence-corrected chi connectivity index (χ3v) is 3.13. The molecule has 0 aliphatic heterocycles. The van der Waals surface area contributed by atoms with Gasteiger partial charge in [-0.15, -0.1) is 11.3 Å². The molecule has 0 fully saturated rings. The van der Waals surface area contributed by atoms with Gasteiger partial charge in [0, 0.05) is 17.1 Å². The molecule has 0 unspecified atom stereocenters. The van der Waals surface area contributed by atoms with Gasteiger partial charge in [-0.05, 0) is 18.9 Å². The molecule has 0 spiro atoms. The van der Waals surface area contributed by atoms with Crippen LogP contribution in [0.4, 0.5) is 0 Å². The molecule has 5 heteroatoms. The van der Waals surface area contributed by atoms with Gasteiger partial charge in [0.25, 0.3) is 0 Å². The van der Waals surface area contributed by atoms with Gasteiger partial charge in [-0.25, -0.2) is 9.78 Å². The highest BCUT2D eigenvalue weighted by Crippen LogP contribution is 2.23. The number of aryl methyl sites for hydroxylation is 1. The first kappa shape index (κ1) is 10.9. The highest BCUT2D eigenvalue weighted by molar-refractivity contribution is 7.09. The molecule has 0 saturated carbocycles. The first-order valence-electron chi connectivity index (χ1n) is 5.07. The van der Waals surface area contributed by atoms with Gasteiger partial charge < -0.3 is 10.1 Å². The van der Waals surface area contributed by atoms with Crippen molar-refractivity contribution >= 4 is 17.3 Å². The molecule has 0 amide bonds. The fourth-order valence-electron chi connectivity index (χ4n) is 1.44. The molecule has 0 bridgehead atoms. The van der Waals surface area contributed by atoms with Gasteiger partial charge in [0.2, 0.25) is 0 Å². The predicted molar refractivity (Wildman–Crippen MR) is 62.9 cm³/mol. The van der Waals surface area contributed by atoms with E-state index in [9.17, 15) is 4.79 Å². The second-order valence-corrected chi connectivity index (χ2v) is 4.43. The monoisotopic (exact) mass is 236 g/mol. The highest BCUT2D eigenvalue weighted by Gasteiger charge is 2.09. The van der Waals surface area contributed by atoms with Crippen LogP contribution in [0.1, 0.15) is 28.8 Å². The van der Waals surface area contributed by atoms with Crippen molar-refractivity contribution in [2.24, 2.45) is 0 Å². The Kier molecular flexibility index (Phi) is 3.05. The lowest BCUT2D eigenvalue weighted by Crippen LogP contribution is -1.94. The molecular formula is C11H12N2O2S. The minimum atomic E-state index is -0.949. The summed E-state index contributed by atoms with van der Waals surface area (Å²) in [6.07, 6.45) is 3.72. The number of nitrogens with one attached hydrogen (secondary N) is 1. The molecule has 2 aromatic rings. The average Bonchev–Trinajstić information content (AvgIpc) is 2.84. The Labute approximate surface area is 97.0 Å². The SMILES string of the molecule is CCCc1nc(-c2c[nH]c(C(=O)O)c2)cs1. The van der Waals surface area contributed by atoms with E-state index in [1.807, 2.05) is 5.38 Å². The number of aromatic carboxylic acids is 1. The molecule has 4 nitrogen and oxygen atoms in total. The van der Waals surface area contributed by atoms with Crippen molar-refractivity contribution in [2.75, 3.05) is 0 Å². The fraction of sp³-hybridized carbons (Fsp3) is 0.273.